The van der Waals surface area contributed by atoms with Gasteiger partial charge in [0.2, 0.25) is 0 Å². The van der Waals surface area contributed by atoms with Crippen molar-refractivity contribution in [3.05, 3.63) is 0 Å². The van der Waals surface area contributed by atoms with E-state index in [1.807, 2.05) is 0 Å². The highest BCUT2D eigenvalue weighted by Crippen LogP contribution is 2.31. The Morgan fingerprint density at radius 3 is 2.06 bits per heavy atom. The van der Waals surface area contributed by atoms with Crippen LogP contribution in [0.3, 0.4) is 0 Å². The number of hydrogen-bond acceptors (Lipinski definition) is 2. The lowest BCUT2D eigenvalue weighted by Crippen LogP contribution is -2.52. The van der Waals surface area contributed by atoms with Crippen LogP contribution in [-0.2, 0) is 0 Å². The molecular formula is C15H30N2. The molecule has 0 aromatic rings. The van der Waals surface area contributed by atoms with Gasteiger partial charge < -0.3 is 5.32 Å². The first-order valence-corrected chi connectivity index (χ1v) is 7.73. The summed E-state index contributed by atoms with van der Waals surface area (Å²) in [6, 6.07) is 3.31. The fraction of sp³-hybridized carbons (Fsp3) is 1.00. The van der Waals surface area contributed by atoms with Gasteiger partial charge in [0.25, 0.3) is 0 Å². The van der Waals surface area contributed by atoms with Crippen LogP contribution >= 0.6 is 0 Å². The van der Waals surface area contributed by atoms with E-state index in [4.69, 9.17) is 0 Å². The maximum atomic E-state index is 3.61. The van der Waals surface area contributed by atoms with Crippen molar-refractivity contribution in [3.63, 3.8) is 0 Å². The normalized spacial score (nSPS) is 40.4. The summed E-state index contributed by atoms with van der Waals surface area (Å²) in [5, 5.41) is 3.61. The van der Waals surface area contributed by atoms with Crippen molar-refractivity contribution in [3.8, 4) is 0 Å². The lowest BCUT2D eigenvalue weighted by Gasteiger charge is -2.46. The van der Waals surface area contributed by atoms with E-state index in [1.54, 1.807) is 0 Å². The molecule has 100 valence electrons. The molecule has 1 saturated carbocycles. The summed E-state index contributed by atoms with van der Waals surface area (Å²) in [5.74, 6) is 0. The molecule has 1 heterocycles. The number of nitrogens with zero attached hydrogens (tertiary/aromatic N) is 1. The van der Waals surface area contributed by atoms with Crippen LogP contribution in [0.1, 0.15) is 65.7 Å². The van der Waals surface area contributed by atoms with Gasteiger partial charge in [0, 0.05) is 24.2 Å². The molecule has 1 N–H and O–H groups in total. The van der Waals surface area contributed by atoms with E-state index < -0.39 is 0 Å². The molecule has 1 aliphatic heterocycles. The lowest BCUT2D eigenvalue weighted by atomic mass is 9.86. The molecule has 2 aliphatic rings. The van der Waals surface area contributed by atoms with E-state index in [1.165, 1.54) is 44.9 Å². The third kappa shape index (κ3) is 3.23. The van der Waals surface area contributed by atoms with E-state index in [9.17, 15) is 0 Å². The van der Waals surface area contributed by atoms with Crippen LogP contribution in [-0.4, -0.2) is 35.6 Å². The Balaban J connectivity index is 1.86. The van der Waals surface area contributed by atoms with Crippen LogP contribution in [0.5, 0.6) is 0 Å². The molecule has 2 heteroatoms. The van der Waals surface area contributed by atoms with Gasteiger partial charge in [-0.05, 0) is 58.9 Å². The second-order valence-electron chi connectivity index (χ2n) is 6.14. The van der Waals surface area contributed by atoms with Gasteiger partial charge in [-0.25, -0.2) is 0 Å². The largest absolute Gasteiger partial charge is 0.314 e. The predicted molar refractivity (Wildman–Crippen MR) is 74.3 cm³/mol. The van der Waals surface area contributed by atoms with Crippen molar-refractivity contribution in [2.24, 2.45) is 0 Å². The highest BCUT2D eigenvalue weighted by atomic mass is 15.2. The Morgan fingerprint density at radius 1 is 0.941 bits per heavy atom. The molecule has 2 nitrogen and oxygen atoms in total. The average molecular weight is 238 g/mol. The number of hydrogen-bond donors (Lipinski definition) is 1. The van der Waals surface area contributed by atoms with Crippen LogP contribution in [0, 0.1) is 0 Å². The van der Waals surface area contributed by atoms with Gasteiger partial charge in [-0.15, -0.1) is 0 Å². The molecule has 1 saturated heterocycles. The molecular weight excluding hydrogens is 208 g/mol. The second-order valence-corrected chi connectivity index (χ2v) is 6.14. The number of likely N-dealkylation sites (tertiary alicyclic amines) is 1. The molecule has 2 rings (SSSR count). The fourth-order valence-corrected chi connectivity index (χ4v) is 4.03. The standard InChI is InChI=1S/C15H30N2/c1-4-16-14-8-10-15(11-9-14)17-12(2)6-5-7-13(17)3/h12-16H,4-11H2,1-3H3/t12-,13+,14?,15?. The molecule has 2 fully saturated rings. The summed E-state index contributed by atoms with van der Waals surface area (Å²) in [5.41, 5.74) is 0. The Kier molecular flexibility index (Phi) is 4.87. The highest BCUT2D eigenvalue weighted by molar-refractivity contribution is 4.89. The zero-order valence-electron chi connectivity index (χ0n) is 11.9. The van der Waals surface area contributed by atoms with Crippen LogP contribution in [0.15, 0.2) is 0 Å². The molecule has 0 amide bonds. The molecule has 0 aromatic heterocycles. The maximum Gasteiger partial charge on any atom is 0.0102 e. The molecule has 1 aliphatic carbocycles. The minimum absolute atomic E-state index is 0.798. The van der Waals surface area contributed by atoms with E-state index in [0.29, 0.717) is 0 Å². The average Bonchev–Trinajstić information content (AvgIpc) is 2.31. The Bertz CT molecular complexity index is 211. The van der Waals surface area contributed by atoms with Crippen molar-refractivity contribution in [1.82, 2.24) is 10.2 Å². The Labute approximate surface area is 107 Å². The van der Waals surface area contributed by atoms with Gasteiger partial charge in [0.15, 0.2) is 0 Å². The van der Waals surface area contributed by atoms with Gasteiger partial charge in [0.1, 0.15) is 0 Å². The molecule has 0 aromatic carbocycles. The molecule has 17 heavy (non-hydrogen) atoms. The lowest BCUT2D eigenvalue weighted by molar-refractivity contribution is 0.0331. The van der Waals surface area contributed by atoms with Crippen molar-refractivity contribution in [1.29, 1.82) is 0 Å². The number of nitrogens with one attached hydrogen (secondary N) is 1. The summed E-state index contributed by atoms with van der Waals surface area (Å²) in [6.45, 7) is 8.23. The van der Waals surface area contributed by atoms with E-state index in [-0.39, 0.29) is 0 Å². The number of piperidine rings is 1. The molecule has 0 radical (unpaired) electrons. The van der Waals surface area contributed by atoms with E-state index >= 15 is 0 Å². The quantitative estimate of drug-likeness (QED) is 0.812. The third-order valence-electron chi connectivity index (χ3n) is 4.87. The van der Waals surface area contributed by atoms with Crippen molar-refractivity contribution in [2.45, 2.75) is 89.9 Å². The summed E-state index contributed by atoms with van der Waals surface area (Å²) in [7, 11) is 0. The summed E-state index contributed by atoms with van der Waals surface area (Å²) >= 11 is 0. The first kappa shape index (κ1) is 13.4. The van der Waals surface area contributed by atoms with Gasteiger partial charge >= 0.3 is 0 Å². The summed E-state index contributed by atoms with van der Waals surface area (Å²) < 4.78 is 0. The Hall–Kier alpha value is -0.0800. The van der Waals surface area contributed by atoms with Gasteiger partial charge in [-0.1, -0.05) is 13.3 Å². The number of rotatable bonds is 3. The monoisotopic (exact) mass is 238 g/mol. The third-order valence-corrected chi connectivity index (χ3v) is 4.87. The van der Waals surface area contributed by atoms with Gasteiger partial charge in [0.05, 0.1) is 0 Å². The Morgan fingerprint density at radius 2 is 1.53 bits per heavy atom. The van der Waals surface area contributed by atoms with E-state index in [2.05, 4.69) is 31.0 Å². The van der Waals surface area contributed by atoms with Crippen molar-refractivity contribution in [2.75, 3.05) is 6.54 Å². The fourth-order valence-electron chi connectivity index (χ4n) is 4.03. The van der Waals surface area contributed by atoms with Crippen LogP contribution in [0.2, 0.25) is 0 Å². The van der Waals surface area contributed by atoms with Crippen molar-refractivity contribution < 1.29 is 0 Å². The molecule has 0 unspecified atom stereocenters. The molecule has 2 atom stereocenters. The highest BCUT2D eigenvalue weighted by Gasteiger charge is 2.33. The van der Waals surface area contributed by atoms with E-state index in [0.717, 1.165) is 30.7 Å². The smallest absolute Gasteiger partial charge is 0.0102 e. The predicted octanol–water partition coefficient (Wildman–Crippen LogP) is 3.17. The van der Waals surface area contributed by atoms with Crippen molar-refractivity contribution >= 4 is 0 Å². The van der Waals surface area contributed by atoms with Crippen LogP contribution < -0.4 is 5.32 Å². The van der Waals surface area contributed by atoms with Gasteiger partial charge in [-0.2, -0.15) is 0 Å². The first-order valence-electron chi connectivity index (χ1n) is 7.73. The molecule has 0 spiro atoms. The zero-order chi connectivity index (χ0) is 12.3. The second kappa shape index (κ2) is 6.19. The maximum absolute atomic E-state index is 3.61. The van der Waals surface area contributed by atoms with Crippen LogP contribution in [0.4, 0.5) is 0 Å². The van der Waals surface area contributed by atoms with Crippen LogP contribution in [0.25, 0.3) is 0 Å². The van der Waals surface area contributed by atoms with Gasteiger partial charge in [-0.3, -0.25) is 4.90 Å². The minimum atomic E-state index is 0.798. The topological polar surface area (TPSA) is 15.3 Å². The molecule has 0 bridgehead atoms. The zero-order valence-corrected chi connectivity index (χ0v) is 11.9. The summed E-state index contributed by atoms with van der Waals surface area (Å²) in [6.07, 6.45) is 9.85. The SMILES string of the molecule is CCNC1CCC(N2[C@H](C)CCC[C@@H]2C)CC1. The minimum Gasteiger partial charge on any atom is -0.314 e. The summed E-state index contributed by atoms with van der Waals surface area (Å²) in [4.78, 5) is 2.84. The first-order chi connectivity index (χ1) is 8.22.